The van der Waals surface area contributed by atoms with E-state index in [1.54, 1.807) is 12.1 Å². The van der Waals surface area contributed by atoms with E-state index in [4.69, 9.17) is 4.42 Å². The molecule has 1 aromatic heterocycles. The van der Waals surface area contributed by atoms with Crippen molar-refractivity contribution < 1.29 is 9.21 Å². The molecule has 2 N–H and O–H groups in total. The lowest BCUT2D eigenvalue weighted by Crippen LogP contribution is -2.38. The van der Waals surface area contributed by atoms with E-state index in [0.29, 0.717) is 11.7 Å². The van der Waals surface area contributed by atoms with Crippen molar-refractivity contribution in [2.45, 2.75) is 19.8 Å². The molecule has 1 unspecified atom stereocenters. The number of carbonyl (C=O) groups excluding carboxylic acids is 1. The van der Waals surface area contributed by atoms with Gasteiger partial charge in [0.2, 0.25) is 0 Å². The van der Waals surface area contributed by atoms with E-state index in [0.717, 1.165) is 25.4 Å². The Labute approximate surface area is 95.4 Å². The minimum Gasteiger partial charge on any atom is -0.456 e. The van der Waals surface area contributed by atoms with Gasteiger partial charge in [-0.15, -0.1) is 0 Å². The first kappa shape index (κ1) is 11.2. The molecule has 1 fully saturated rings. The zero-order chi connectivity index (χ0) is 11.4. The van der Waals surface area contributed by atoms with Crippen molar-refractivity contribution in [3.63, 3.8) is 0 Å². The summed E-state index contributed by atoms with van der Waals surface area (Å²) >= 11 is 0. The number of carbonyl (C=O) groups is 1. The maximum absolute atomic E-state index is 11.7. The summed E-state index contributed by atoms with van der Waals surface area (Å²) in [4.78, 5) is 11.7. The van der Waals surface area contributed by atoms with E-state index >= 15 is 0 Å². The molecule has 1 aliphatic rings. The van der Waals surface area contributed by atoms with E-state index in [9.17, 15) is 4.79 Å². The Morgan fingerprint density at radius 1 is 1.62 bits per heavy atom. The molecular formula is C12H18N2O2. The van der Waals surface area contributed by atoms with Gasteiger partial charge in [-0.25, -0.2) is 0 Å². The number of piperidine rings is 1. The summed E-state index contributed by atoms with van der Waals surface area (Å²) in [5.41, 5.74) is 0. The molecule has 2 heterocycles. The Bertz CT molecular complexity index is 354. The molecule has 1 aliphatic heterocycles. The zero-order valence-electron chi connectivity index (χ0n) is 9.58. The quantitative estimate of drug-likeness (QED) is 0.811. The Morgan fingerprint density at radius 2 is 2.50 bits per heavy atom. The van der Waals surface area contributed by atoms with Crippen LogP contribution in [0, 0.1) is 12.8 Å². The van der Waals surface area contributed by atoms with Crippen LogP contribution in [-0.2, 0) is 0 Å². The molecule has 1 saturated heterocycles. The first-order chi connectivity index (χ1) is 7.75. The Kier molecular flexibility index (Phi) is 3.62. The first-order valence-corrected chi connectivity index (χ1v) is 5.81. The van der Waals surface area contributed by atoms with Crippen LogP contribution >= 0.6 is 0 Å². The Morgan fingerprint density at radius 3 is 3.12 bits per heavy atom. The molecule has 2 rings (SSSR count). The summed E-state index contributed by atoms with van der Waals surface area (Å²) in [7, 11) is 0. The summed E-state index contributed by atoms with van der Waals surface area (Å²) in [6, 6.07) is 3.51. The van der Waals surface area contributed by atoms with Crippen LogP contribution in [0.3, 0.4) is 0 Å². The molecule has 88 valence electrons. The van der Waals surface area contributed by atoms with Crippen molar-refractivity contribution in [3.8, 4) is 0 Å². The topological polar surface area (TPSA) is 54.3 Å². The van der Waals surface area contributed by atoms with Gasteiger partial charge in [0.1, 0.15) is 5.76 Å². The summed E-state index contributed by atoms with van der Waals surface area (Å²) in [5.74, 6) is 1.61. The molecule has 0 saturated carbocycles. The standard InChI is InChI=1S/C12H18N2O2/c1-9-4-5-11(16-9)12(15)14-8-10-3-2-6-13-7-10/h4-5,10,13H,2-3,6-8H2,1H3,(H,14,15). The summed E-state index contributed by atoms with van der Waals surface area (Å²) in [6.07, 6.45) is 2.38. The van der Waals surface area contributed by atoms with E-state index in [2.05, 4.69) is 10.6 Å². The fourth-order valence-electron chi connectivity index (χ4n) is 1.98. The summed E-state index contributed by atoms with van der Waals surface area (Å²) < 4.78 is 5.26. The second-order valence-corrected chi connectivity index (χ2v) is 4.33. The number of amides is 1. The van der Waals surface area contributed by atoms with Gasteiger partial charge in [0.05, 0.1) is 0 Å². The maximum Gasteiger partial charge on any atom is 0.287 e. The van der Waals surface area contributed by atoms with E-state index < -0.39 is 0 Å². The van der Waals surface area contributed by atoms with Gasteiger partial charge in [-0.1, -0.05) is 0 Å². The molecule has 4 heteroatoms. The Hall–Kier alpha value is -1.29. The highest BCUT2D eigenvalue weighted by Crippen LogP contribution is 2.09. The number of furan rings is 1. The number of nitrogens with one attached hydrogen (secondary N) is 2. The smallest absolute Gasteiger partial charge is 0.287 e. The molecular weight excluding hydrogens is 204 g/mol. The molecule has 4 nitrogen and oxygen atoms in total. The third-order valence-electron chi connectivity index (χ3n) is 2.91. The zero-order valence-corrected chi connectivity index (χ0v) is 9.58. The second kappa shape index (κ2) is 5.16. The first-order valence-electron chi connectivity index (χ1n) is 5.81. The fraction of sp³-hybridized carbons (Fsp3) is 0.583. The van der Waals surface area contributed by atoms with Crippen molar-refractivity contribution in [2.75, 3.05) is 19.6 Å². The van der Waals surface area contributed by atoms with Crippen molar-refractivity contribution in [1.29, 1.82) is 0 Å². The van der Waals surface area contributed by atoms with Crippen LogP contribution in [0.2, 0.25) is 0 Å². The maximum atomic E-state index is 11.7. The summed E-state index contributed by atoms with van der Waals surface area (Å²) in [6.45, 7) is 4.66. The van der Waals surface area contributed by atoms with Crippen LogP contribution in [0.5, 0.6) is 0 Å². The molecule has 0 aromatic carbocycles. The van der Waals surface area contributed by atoms with Gasteiger partial charge >= 0.3 is 0 Å². The summed E-state index contributed by atoms with van der Waals surface area (Å²) in [5, 5.41) is 6.24. The van der Waals surface area contributed by atoms with Crippen LogP contribution in [0.25, 0.3) is 0 Å². The third-order valence-corrected chi connectivity index (χ3v) is 2.91. The SMILES string of the molecule is Cc1ccc(C(=O)NCC2CCCNC2)o1. The van der Waals surface area contributed by atoms with Crippen LogP contribution in [0.15, 0.2) is 16.5 Å². The predicted molar refractivity (Wildman–Crippen MR) is 61.4 cm³/mol. The number of rotatable bonds is 3. The molecule has 1 aromatic rings. The highest BCUT2D eigenvalue weighted by Gasteiger charge is 2.15. The van der Waals surface area contributed by atoms with E-state index in [-0.39, 0.29) is 5.91 Å². The van der Waals surface area contributed by atoms with Crippen molar-refractivity contribution in [3.05, 3.63) is 23.7 Å². The molecule has 0 aliphatic carbocycles. The molecule has 0 spiro atoms. The number of aryl methyl sites for hydroxylation is 1. The lowest BCUT2D eigenvalue weighted by molar-refractivity contribution is 0.0916. The highest BCUT2D eigenvalue weighted by atomic mass is 16.3. The lowest BCUT2D eigenvalue weighted by Gasteiger charge is -2.22. The monoisotopic (exact) mass is 222 g/mol. The van der Waals surface area contributed by atoms with Gasteiger partial charge < -0.3 is 15.1 Å². The minimum absolute atomic E-state index is 0.112. The average Bonchev–Trinajstić information content (AvgIpc) is 2.74. The van der Waals surface area contributed by atoms with E-state index in [1.807, 2.05) is 6.92 Å². The average molecular weight is 222 g/mol. The van der Waals surface area contributed by atoms with E-state index in [1.165, 1.54) is 12.8 Å². The van der Waals surface area contributed by atoms with Crippen molar-refractivity contribution in [1.82, 2.24) is 10.6 Å². The molecule has 0 bridgehead atoms. The predicted octanol–water partition coefficient (Wildman–Crippen LogP) is 1.32. The largest absolute Gasteiger partial charge is 0.456 e. The number of hydrogen-bond acceptors (Lipinski definition) is 3. The third kappa shape index (κ3) is 2.85. The van der Waals surface area contributed by atoms with Crippen molar-refractivity contribution >= 4 is 5.91 Å². The second-order valence-electron chi connectivity index (χ2n) is 4.33. The fourth-order valence-corrected chi connectivity index (χ4v) is 1.98. The number of hydrogen-bond donors (Lipinski definition) is 2. The van der Waals surface area contributed by atoms with Crippen LogP contribution in [0.1, 0.15) is 29.2 Å². The lowest BCUT2D eigenvalue weighted by atomic mass is 10.00. The normalized spacial score (nSPS) is 20.7. The molecule has 0 radical (unpaired) electrons. The molecule has 1 amide bonds. The molecule has 16 heavy (non-hydrogen) atoms. The van der Waals surface area contributed by atoms with Gasteiger partial charge in [-0.2, -0.15) is 0 Å². The van der Waals surface area contributed by atoms with Gasteiger partial charge in [0.15, 0.2) is 5.76 Å². The van der Waals surface area contributed by atoms with Gasteiger partial charge in [0.25, 0.3) is 5.91 Å². The van der Waals surface area contributed by atoms with Gasteiger partial charge in [-0.05, 0) is 50.9 Å². The molecule has 1 atom stereocenters. The van der Waals surface area contributed by atoms with Crippen LogP contribution in [-0.4, -0.2) is 25.5 Å². The minimum atomic E-state index is -0.112. The van der Waals surface area contributed by atoms with Gasteiger partial charge in [0, 0.05) is 6.54 Å². The highest BCUT2D eigenvalue weighted by molar-refractivity contribution is 5.91. The van der Waals surface area contributed by atoms with Crippen LogP contribution < -0.4 is 10.6 Å². The van der Waals surface area contributed by atoms with Crippen LogP contribution in [0.4, 0.5) is 0 Å². The van der Waals surface area contributed by atoms with Gasteiger partial charge in [-0.3, -0.25) is 4.79 Å². The van der Waals surface area contributed by atoms with Crippen molar-refractivity contribution in [2.24, 2.45) is 5.92 Å². The Balaban J connectivity index is 1.79.